The zero-order valence-electron chi connectivity index (χ0n) is 56.4. The van der Waals surface area contributed by atoms with E-state index in [0.29, 0.717) is 84.3 Å². The molecule has 0 aliphatic rings. The van der Waals surface area contributed by atoms with Crippen LogP contribution >= 0.6 is 130 Å². The Kier molecular flexibility index (Phi) is 49.7. The van der Waals surface area contributed by atoms with Crippen LogP contribution in [0.25, 0.3) is 64.8 Å². The average molecular weight is 1760 g/mol. The van der Waals surface area contributed by atoms with Gasteiger partial charge in [-0.2, -0.15) is 0 Å². The van der Waals surface area contributed by atoms with Crippen molar-refractivity contribution in [2.45, 2.75) is 56.9 Å². The van der Waals surface area contributed by atoms with Crippen molar-refractivity contribution >= 4 is 206 Å². The Morgan fingerprint density at radius 3 is 1.46 bits per heavy atom. The summed E-state index contributed by atoms with van der Waals surface area (Å²) in [6.07, 6.45) is 17.2. The standard InChI is InChI=1S/C17H10ClFN4S.C11H6ClN3S.C11H9N3O2S.C11H7N3OS.C6H4ClNO.C5H6N2OS.C5H12O.C2H6O.4CH4.Cl3OP.Na.H2O/c18-13-8-11(3-4-14(13)19)21-16-12-5-7-24-17(12)23-15(22-16)10-2-1-6-20-9-10;12-9-8-3-5-16-11(8)15-10(14-9)7-2-1-4-13-6-7;12-9(15)8-3-5-17-11(8)14-10(16)7-2-1-4-13-6-7;15-10-8-3-5-16-11(8)14-9(13-10)7-2-1-4-12-6-7;7-6(9)5-2-1-3-8-4-5;6-4(8)3-1-2-9-5(3)7;1-5(2)3-4-6;1-2-3;;;;;1-5(2,3)4;;/h1-9H,(H,21,22,23);1-6H;1-6H,(H2,12,15)(H,14,16);1-6H,(H,13,14,15);1-4H;1-2H,7H2,(H2,6,8);5-6H,3-4H2,1-2H3;3H,2H2,1H3;4*1H4;;;1H2/q;;;;;;;;;;;;;+1;/p-1. The van der Waals surface area contributed by atoms with E-state index in [0.717, 1.165) is 48.4 Å². The van der Waals surface area contributed by atoms with E-state index in [4.69, 9.17) is 62.2 Å². The van der Waals surface area contributed by atoms with Crippen LogP contribution in [0.1, 0.15) is 98.3 Å². The second-order valence-electron chi connectivity index (χ2n) is 20.5. The molecule has 14 rings (SSSR count). The number of rotatable bonds is 12. The molecular formula is C72H77Cl6FN16NaO9PS5. The third-order valence-electron chi connectivity index (χ3n) is 12.5. The van der Waals surface area contributed by atoms with Crippen LogP contribution in [0.4, 0.5) is 25.9 Å². The Morgan fingerprint density at radius 1 is 0.595 bits per heavy atom. The van der Waals surface area contributed by atoms with Crippen molar-refractivity contribution in [1.82, 2.24) is 54.8 Å². The number of pyridine rings is 5. The number of carbonyl (C=O) groups excluding carboxylic acids is 4. The smallest absolute Gasteiger partial charge is 0.870 e. The van der Waals surface area contributed by atoms with E-state index >= 15 is 0 Å². The number of carbonyl (C=O) groups is 4. The second kappa shape index (κ2) is 53.6. The quantitative estimate of drug-likeness (QED) is 0.0244. The number of thiophene rings is 5. The van der Waals surface area contributed by atoms with E-state index in [2.05, 4.69) is 113 Å². The van der Waals surface area contributed by atoms with Gasteiger partial charge in [0.1, 0.15) is 42.1 Å². The molecule has 13 aromatic heterocycles. The van der Waals surface area contributed by atoms with Gasteiger partial charge in [-0.1, -0.05) is 66.8 Å². The fourth-order valence-electron chi connectivity index (χ4n) is 7.77. The SMILES string of the molecule is C.C.C.C.CC(C)CCO.CCO.Clc1nc(-c2cccnc2)nc2sccc12.Fc1ccc(Nc2nc(-c3cccnc3)nc3sccc23)cc1Cl.NC(=O)c1ccsc1N.NC(=O)c1ccsc1NC(=O)c1cccnc1.O=C(Cl)c1cccnc1.O=P(Cl)(Cl)Cl.O=c1[nH]c(-c2cccnc2)nc2sccc12.[Na+].[OH-]. The number of nitrogen functional groups attached to an aromatic ring is 1. The third kappa shape index (κ3) is 35.1. The fourth-order valence-corrected chi connectivity index (χ4v) is 12.1. The van der Waals surface area contributed by atoms with Crippen LogP contribution in [-0.2, 0) is 4.57 Å². The maximum absolute atomic E-state index is 13.3. The Labute approximate surface area is 711 Å². The van der Waals surface area contributed by atoms with Crippen LogP contribution in [0.2, 0.25) is 10.2 Å². The second-order valence-corrected chi connectivity index (χ2v) is 32.8. The van der Waals surface area contributed by atoms with Crippen molar-refractivity contribution in [3.05, 3.63) is 247 Å². The van der Waals surface area contributed by atoms with Crippen molar-refractivity contribution in [3.63, 3.8) is 0 Å². The first-order chi connectivity index (χ1) is 50.3. The summed E-state index contributed by atoms with van der Waals surface area (Å²) in [6, 6.07) is 31.1. The largest absolute Gasteiger partial charge is 1.00 e. The third-order valence-corrected chi connectivity index (χ3v) is 17.3. The van der Waals surface area contributed by atoms with Gasteiger partial charge in [0.2, 0.25) is 0 Å². The molecule has 12 N–H and O–H groups in total. The molecule has 0 atom stereocenters. The molecule has 0 saturated carbocycles. The molecule has 14 aromatic rings. The maximum atomic E-state index is 13.3. The number of amides is 3. The number of fused-ring (bicyclic) bond motifs is 3. The topological polar surface area (TPSA) is 420 Å². The Bertz CT molecular complexity index is 5180. The van der Waals surface area contributed by atoms with E-state index in [1.165, 1.54) is 69.9 Å². The summed E-state index contributed by atoms with van der Waals surface area (Å²) >= 11 is 38.0. The number of primary amides is 2. The predicted octanol–water partition coefficient (Wildman–Crippen LogP) is 17.3. The summed E-state index contributed by atoms with van der Waals surface area (Å²) < 4.78 is 22.8. The summed E-state index contributed by atoms with van der Waals surface area (Å²) in [5.41, 5.74) is 20.1. The zero-order chi connectivity index (χ0) is 76.4. The zero-order valence-corrected chi connectivity index (χ0v) is 67.9. The number of aliphatic hydroxyl groups is 2. The van der Waals surface area contributed by atoms with Gasteiger partial charge in [0.15, 0.2) is 11.6 Å². The number of nitrogens with zero attached hydrogens (tertiary/aromatic N) is 10. The summed E-state index contributed by atoms with van der Waals surface area (Å²) in [7, 11) is 0. The van der Waals surface area contributed by atoms with Gasteiger partial charge in [0.25, 0.3) is 28.5 Å². The molecule has 0 bridgehead atoms. The van der Waals surface area contributed by atoms with Crippen LogP contribution in [0.15, 0.2) is 203 Å². The Hall–Kier alpha value is -8.25. The van der Waals surface area contributed by atoms with Crippen molar-refractivity contribution in [3.8, 4) is 34.2 Å². The van der Waals surface area contributed by atoms with Crippen LogP contribution < -0.4 is 63.0 Å². The number of benzene rings is 1. The molecular weight excluding hydrogens is 1680 g/mol. The first kappa shape index (κ1) is 103. The molecule has 25 nitrogen and oxygen atoms in total. The van der Waals surface area contributed by atoms with E-state index in [9.17, 15) is 32.9 Å². The predicted molar refractivity (Wildman–Crippen MR) is 454 cm³/mol. The first-order valence-electron chi connectivity index (χ1n) is 30.1. The molecule has 0 aliphatic heterocycles. The van der Waals surface area contributed by atoms with Gasteiger partial charge >= 0.3 is 34.8 Å². The summed E-state index contributed by atoms with van der Waals surface area (Å²) in [4.78, 5) is 103. The van der Waals surface area contributed by atoms with Crippen molar-refractivity contribution in [2.75, 3.05) is 29.6 Å². The van der Waals surface area contributed by atoms with Crippen LogP contribution in [0.5, 0.6) is 0 Å². The molecule has 0 radical (unpaired) electrons. The maximum Gasteiger partial charge on any atom is 1.00 e. The number of hydrogen-bond donors (Lipinski definition) is 8. The minimum Gasteiger partial charge on any atom is -0.870 e. The molecule has 39 heteroatoms. The molecule has 1 aromatic carbocycles. The Balaban J connectivity index is 0.00000128. The van der Waals surface area contributed by atoms with Gasteiger partial charge in [-0.05, 0) is 201 Å². The number of aromatic amines is 1. The van der Waals surface area contributed by atoms with Crippen LogP contribution in [0, 0.1) is 11.7 Å². The molecule has 111 heavy (non-hydrogen) atoms. The van der Waals surface area contributed by atoms with E-state index in [1.807, 2.05) is 64.7 Å². The number of nitrogens with two attached hydrogens (primary N) is 3. The minimum absolute atomic E-state index is 0. The van der Waals surface area contributed by atoms with E-state index in [-0.39, 0.29) is 87.8 Å². The van der Waals surface area contributed by atoms with E-state index in [1.54, 1.807) is 127 Å². The number of aromatic nitrogens is 11. The van der Waals surface area contributed by atoms with E-state index < -0.39 is 28.1 Å². The van der Waals surface area contributed by atoms with Gasteiger partial charge < -0.3 is 48.5 Å². The number of halogens is 7. The van der Waals surface area contributed by atoms with Crippen molar-refractivity contribution in [1.29, 1.82) is 0 Å². The molecule has 0 fully saturated rings. The number of nitrogens with one attached hydrogen (secondary N) is 3. The minimum atomic E-state index is -3.22. The van der Waals surface area contributed by atoms with Gasteiger partial charge in [-0.15, -0.1) is 56.7 Å². The summed E-state index contributed by atoms with van der Waals surface area (Å²) in [5.74, 6) is 1.25. The normalized spacial score (nSPS) is 9.70. The number of hydrogen-bond acceptors (Lipinski definition) is 26. The molecule has 0 saturated heterocycles. The average Bonchev–Trinajstić information content (AvgIpc) is 1.73. The van der Waals surface area contributed by atoms with Gasteiger partial charge in [0, 0.05) is 103 Å². The van der Waals surface area contributed by atoms with Gasteiger partial charge in [0.05, 0.1) is 43.0 Å². The fraction of sp³-hybridized carbons (Fsp3) is 0.153. The number of H-pyrrole nitrogens is 1. The molecule has 13 heterocycles. The summed E-state index contributed by atoms with van der Waals surface area (Å²) in [5, 5.41) is 31.1. The van der Waals surface area contributed by atoms with Crippen molar-refractivity contribution < 1.29 is 73.4 Å². The molecule has 3 amide bonds. The molecule has 584 valence electrons. The van der Waals surface area contributed by atoms with Gasteiger partial charge in [-0.25, -0.2) is 29.3 Å². The number of aliphatic hydroxyl groups excluding tert-OH is 2. The molecule has 0 aliphatic carbocycles. The van der Waals surface area contributed by atoms with Crippen molar-refractivity contribution in [2.24, 2.45) is 17.4 Å². The number of anilines is 4. The monoisotopic (exact) mass is 1750 g/mol. The van der Waals surface area contributed by atoms with Gasteiger partial charge in [-0.3, -0.25) is 53.5 Å². The Morgan fingerprint density at radius 2 is 1.04 bits per heavy atom. The van der Waals surface area contributed by atoms with Crippen LogP contribution in [-0.4, -0.2) is 107 Å². The first-order valence-corrected chi connectivity index (χ1v) is 40.0. The molecule has 0 unspecified atom stereocenters. The summed E-state index contributed by atoms with van der Waals surface area (Å²) in [6.45, 7) is 6.45. The van der Waals surface area contributed by atoms with Crippen LogP contribution in [0.3, 0.4) is 0 Å². The molecule has 0 spiro atoms.